The number of carbonyl (C=O) groups excluding carboxylic acids is 1. The summed E-state index contributed by atoms with van der Waals surface area (Å²) in [6, 6.07) is 5.23. The largest absolute Gasteiger partial charge is 0.490 e. The van der Waals surface area contributed by atoms with E-state index in [0.29, 0.717) is 30.3 Å². The Bertz CT molecular complexity index is 675. The number of aliphatic hydroxyl groups is 1. The summed E-state index contributed by atoms with van der Waals surface area (Å²) in [7, 11) is 0. The molecule has 0 aliphatic rings. The lowest BCUT2D eigenvalue weighted by Crippen LogP contribution is -2.10. The van der Waals surface area contributed by atoms with E-state index in [1.165, 1.54) is 109 Å². The van der Waals surface area contributed by atoms with Gasteiger partial charge < -0.3 is 19.3 Å². The molecule has 0 radical (unpaired) electrons. The van der Waals surface area contributed by atoms with E-state index in [-0.39, 0.29) is 13.2 Å². The van der Waals surface area contributed by atoms with E-state index in [9.17, 15) is 4.79 Å². The first-order chi connectivity index (χ1) is 18.7. The lowest BCUT2D eigenvalue weighted by molar-refractivity contribution is 0.0433. The van der Waals surface area contributed by atoms with Crippen molar-refractivity contribution in [1.29, 1.82) is 0 Å². The van der Waals surface area contributed by atoms with Crippen LogP contribution in [0.5, 0.6) is 11.5 Å². The van der Waals surface area contributed by atoms with Gasteiger partial charge in [0.25, 0.3) is 0 Å². The fourth-order valence-electron chi connectivity index (χ4n) is 4.63. The van der Waals surface area contributed by atoms with E-state index < -0.39 is 5.97 Å². The zero-order valence-corrected chi connectivity index (χ0v) is 24.8. The second kappa shape index (κ2) is 25.5. The van der Waals surface area contributed by atoms with Crippen molar-refractivity contribution in [3.05, 3.63) is 23.8 Å². The predicted octanol–water partition coefficient (Wildman–Crippen LogP) is 9.44. The predicted molar refractivity (Wildman–Crippen MR) is 158 cm³/mol. The smallest absolute Gasteiger partial charge is 0.338 e. The van der Waals surface area contributed by atoms with E-state index in [1.807, 2.05) is 0 Å². The number of hydrogen-bond acceptors (Lipinski definition) is 5. The molecule has 38 heavy (non-hydrogen) atoms. The number of rotatable bonds is 27. The van der Waals surface area contributed by atoms with Crippen LogP contribution in [0.2, 0.25) is 0 Å². The monoisotopic (exact) mass is 534 g/mol. The van der Waals surface area contributed by atoms with E-state index in [0.717, 1.165) is 19.3 Å². The molecule has 0 heterocycles. The number of carbonyl (C=O) groups is 1. The summed E-state index contributed by atoms with van der Waals surface area (Å²) in [4.78, 5) is 12.3. The Morgan fingerprint density at radius 2 is 1.00 bits per heavy atom. The Labute approximate surface area is 234 Å². The molecule has 0 bridgehead atoms. The molecular weight excluding hydrogens is 476 g/mol. The van der Waals surface area contributed by atoms with Gasteiger partial charge in [0.05, 0.1) is 25.4 Å². The quantitative estimate of drug-likeness (QED) is 0.0899. The standard InChI is InChI=1S/C33H58O5/c1-3-5-7-9-11-13-15-17-19-21-26-36-31-24-23-30(33(35)38-28-25-34)29-32(31)37-27-22-20-18-16-14-12-10-8-6-4-2/h23-24,29,34H,3-22,25-28H2,1-2H3. The fourth-order valence-corrected chi connectivity index (χ4v) is 4.63. The summed E-state index contributed by atoms with van der Waals surface area (Å²) in [5.74, 6) is 0.835. The minimum Gasteiger partial charge on any atom is -0.490 e. The van der Waals surface area contributed by atoms with E-state index in [2.05, 4.69) is 13.8 Å². The second-order valence-corrected chi connectivity index (χ2v) is 10.6. The van der Waals surface area contributed by atoms with Crippen LogP contribution >= 0.6 is 0 Å². The summed E-state index contributed by atoms with van der Waals surface area (Å²) in [6.07, 6.45) is 25.7. The Morgan fingerprint density at radius 3 is 1.45 bits per heavy atom. The minimum atomic E-state index is -0.455. The van der Waals surface area contributed by atoms with Crippen LogP contribution in [0.15, 0.2) is 18.2 Å². The SMILES string of the molecule is CCCCCCCCCCCCOc1ccc(C(=O)OCCO)cc1OCCCCCCCCCCCC. The van der Waals surface area contributed by atoms with Crippen molar-refractivity contribution in [1.82, 2.24) is 0 Å². The second-order valence-electron chi connectivity index (χ2n) is 10.6. The highest BCUT2D eigenvalue weighted by Crippen LogP contribution is 2.29. The molecule has 0 spiro atoms. The molecule has 1 aromatic rings. The van der Waals surface area contributed by atoms with Gasteiger partial charge in [-0.2, -0.15) is 0 Å². The van der Waals surface area contributed by atoms with Gasteiger partial charge in [-0.15, -0.1) is 0 Å². The zero-order chi connectivity index (χ0) is 27.5. The highest BCUT2D eigenvalue weighted by molar-refractivity contribution is 5.90. The molecule has 1 N–H and O–H groups in total. The van der Waals surface area contributed by atoms with Crippen molar-refractivity contribution in [2.24, 2.45) is 0 Å². The molecule has 0 unspecified atom stereocenters. The molecule has 0 aromatic heterocycles. The number of hydrogen-bond donors (Lipinski definition) is 1. The highest BCUT2D eigenvalue weighted by Gasteiger charge is 2.13. The van der Waals surface area contributed by atoms with Crippen LogP contribution < -0.4 is 9.47 Å². The van der Waals surface area contributed by atoms with Gasteiger partial charge >= 0.3 is 5.97 Å². The molecule has 0 fully saturated rings. The average Bonchev–Trinajstić information content (AvgIpc) is 2.93. The van der Waals surface area contributed by atoms with Crippen LogP contribution in [-0.2, 0) is 4.74 Å². The van der Waals surface area contributed by atoms with E-state index in [1.54, 1.807) is 18.2 Å². The van der Waals surface area contributed by atoms with Gasteiger partial charge in [-0.05, 0) is 31.0 Å². The van der Waals surface area contributed by atoms with Gasteiger partial charge in [0.1, 0.15) is 6.61 Å². The lowest BCUT2D eigenvalue weighted by atomic mass is 10.1. The molecule has 5 heteroatoms. The molecular formula is C33H58O5. The van der Waals surface area contributed by atoms with Crippen LogP contribution in [0.3, 0.4) is 0 Å². The molecule has 0 amide bonds. The molecule has 0 aliphatic carbocycles. The molecule has 5 nitrogen and oxygen atoms in total. The Morgan fingerprint density at radius 1 is 0.579 bits per heavy atom. The van der Waals surface area contributed by atoms with Crippen LogP contribution in [0, 0.1) is 0 Å². The van der Waals surface area contributed by atoms with Gasteiger partial charge in [-0.3, -0.25) is 0 Å². The molecule has 0 saturated heterocycles. The van der Waals surface area contributed by atoms with Crippen molar-refractivity contribution >= 4 is 5.97 Å². The molecule has 220 valence electrons. The molecule has 0 atom stereocenters. The van der Waals surface area contributed by atoms with Crippen LogP contribution in [0.4, 0.5) is 0 Å². The zero-order valence-electron chi connectivity index (χ0n) is 24.8. The number of aliphatic hydroxyl groups excluding tert-OH is 1. The number of benzene rings is 1. The number of unbranched alkanes of at least 4 members (excludes halogenated alkanes) is 18. The van der Waals surface area contributed by atoms with Gasteiger partial charge in [-0.25, -0.2) is 4.79 Å². The highest BCUT2D eigenvalue weighted by atomic mass is 16.5. The van der Waals surface area contributed by atoms with E-state index in [4.69, 9.17) is 19.3 Å². The van der Waals surface area contributed by atoms with Crippen LogP contribution in [0.25, 0.3) is 0 Å². The first kappa shape index (κ1) is 34.3. The third-order valence-corrected chi connectivity index (χ3v) is 7.01. The Balaban J connectivity index is 2.36. The Kier molecular flexibility index (Phi) is 23.0. The van der Waals surface area contributed by atoms with Gasteiger partial charge in [0.2, 0.25) is 0 Å². The lowest BCUT2D eigenvalue weighted by Gasteiger charge is -2.14. The van der Waals surface area contributed by atoms with Crippen molar-refractivity contribution in [2.75, 3.05) is 26.4 Å². The topological polar surface area (TPSA) is 65.0 Å². The Hall–Kier alpha value is -1.75. The first-order valence-electron chi connectivity index (χ1n) is 15.9. The summed E-state index contributed by atoms with van der Waals surface area (Å²) in [5.41, 5.74) is 0.419. The van der Waals surface area contributed by atoms with Gasteiger partial charge in [0.15, 0.2) is 11.5 Å². The minimum absolute atomic E-state index is 0.00931. The third kappa shape index (κ3) is 18.5. The van der Waals surface area contributed by atoms with Crippen LogP contribution in [-0.4, -0.2) is 37.5 Å². The normalized spacial score (nSPS) is 11.0. The summed E-state index contributed by atoms with van der Waals surface area (Å²) in [5, 5.41) is 8.94. The molecule has 0 aliphatic heterocycles. The van der Waals surface area contributed by atoms with Crippen molar-refractivity contribution < 1.29 is 24.1 Å². The first-order valence-corrected chi connectivity index (χ1v) is 15.9. The third-order valence-electron chi connectivity index (χ3n) is 7.01. The summed E-state index contributed by atoms with van der Waals surface area (Å²) >= 11 is 0. The van der Waals surface area contributed by atoms with Gasteiger partial charge in [-0.1, -0.05) is 129 Å². The molecule has 1 aromatic carbocycles. The van der Waals surface area contributed by atoms with E-state index >= 15 is 0 Å². The van der Waals surface area contributed by atoms with Crippen LogP contribution in [0.1, 0.15) is 153 Å². The maximum Gasteiger partial charge on any atom is 0.338 e. The van der Waals surface area contributed by atoms with Crippen molar-refractivity contribution in [2.45, 2.75) is 142 Å². The van der Waals surface area contributed by atoms with Crippen molar-refractivity contribution in [3.63, 3.8) is 0 Å². The molecule has 0 saturated carbocycles. The van der Waals surface area contributed by atoms with Crippen molar-refractivity contribution in [3.8, 4) is 11.5 Å². The average molecular weight is 535 g/mol. The summed E-state index contributed by atoms with van der Waals surface area (Å²) < 4.78 is 17.2. The maximum absolute atomic E-state index is 12.3. The molecule has 1 rings (SSSR count). The number of esters is 1. The number of ether oxygens (including phenoxy) is 3. The van der Waals surface area contributed by atoms with Gasteiger partial charge in [0, 0.05) is 0 Å². The fraction of sp³-hybridized carbons (Fsp3) is 0.788. The summed E-state index contributed by atoms with van der Waals surface area (Å²) in [6.45, 7) is 5.59. The maximum atomic E-state index is 12.3.